The van der Waals surface area contributed by atoms with Gasteiger partial charge in [0.15, 0.2) is 0 Å². The molecule has 2 aromatic rings. The number of hydrogen-bond acceptors (Lipinski definition) is 3. The van der Waals surface area contributed by atoms with Crippen LogP contribution in [0.15, 0.2) is 53.4 Å². The summed E-state index contributed by atoms with van der Waals surface area (Å²) in [6, 6.07) is 13.7. The van der Waals surface area contributed by atoms with Gasteiger partial charge in [-0.05, 0) is 29.8 Å². The number of carbonyl (C=O) groups excluding carboxylic acids is 2. The fourth-order valence-corrected chi connectivity index (χ4v) is 3.91. The SMILES string of the molecule is CC(C)SC1=C(c2ccc(Cl)cc2)C(=O)N(c2ccccc2Cl)C1=O. The lowest BCUT2D eigenvalue weighted by Gasteiger charge is -2.16. The number of nitrogens with zero attached hydrogens (tertiary/aromatic N) is 1. The van der Waals surface area contributed by atoms with Crippen molar-refractivity contribution in [2.75, 3.05) is 4.90 Å². The van der Waals surface area contributed by atoms with Crippen molar-refractivity contribution in [3.63, 3.8) is 0 Å². The highest BCUT2D eigenvalue weighted by Gasteiger charge is 2.41. The van der Waals surface area contributed by atoms with Gasteiger partial charge in [-0.1, -0.05) is 61.3 Å². The van der Waals surface area contributed by atoms with E-state index in [-0.39, 0.29) is 17.1 Å². The van der Waals surface area contributed by atoms with Crippen molar-refractivity contribution in [3.05, 3.63) is 69.0 Å². The first-order chi connectivity index (χ1) is 11.9. The second kappa shape index (κ2) is 7.24. The number of benzene rings is 2. The summed E-state index contributed by atoms with van der Waals surface area (Å²) >= 11 is 13.5. The Morgan fingerprint density at radius 1 is 0.920 bits per heavy atom. The summed E-state index contributed by atoms with van der Waals surface area (Å²) in [5.41, 5.74) is 1.45. The highest BCUT2D eigenvalue weighted by molar-refractivity contribution is 8.04. The normalized spacial score (nSPS) is 14.8. The third-order valence-corrected chi connectivity index (χ3v) is 5.28. The lowest BCUT2D eigenvalue weighted by molar-refractivity contribution is -0.119. The predicted molar refractivity (Wildman–Crippen MR) is 105 cm³/mol. The summed E-state index contributed by atoms with van der Waals surface area (Å²) in [6.07, 6.45) is 0. The largest absolute Gasteiger partial charge is 0.272 e. The molecule has 3 nitrogen and oxygen atoms in total. The molecular formula is C19H15Cl2NO2S. The van der Waals surface area contributed by atoms with Gasteiger partial charge in [-0.15, -0.1) is 11.8 Å². The number of para-hydroxylation sites is 1. The second-order valence-corrected chi connectivity index (χ2v) is 8.21. The van der Waals surface area contributed by atoms with Gasteiger partial charge in [0.2, 0.25) is 0 Å². The highest BCUT2D eigenvalue weighted by atomic mass is 35.5. The molecular weight excluding hydrogens is 377 g/mol. The second-order valence-electron chi connectivity index (χ2n) is 5.77. The average Bonchev–Trinajstić information content (AvgIpc) is 2.80. The van der Waals surface area contributed by atoms with Crippen LogP contribution in [0.25, 0.3) is 5.57 Å². The number of hydrogen-bond donors (Lipinski definition) is 0. The van der Waals surface area contributed by atoms with Crippen molar-refractivity contribution in [1.82, 2.24) is 0 Å². The van der Waals surface area contributed by atoms with E-state index in [2.05, 4.69) is 0 Å². The lowest BCUT2D eigenvalue weighted by Crippen LogP contribution is -2.31. The van der Waals surface area contributed by atoms with Crippen LogP contribution < -0.4 is 4.90 Å². The van der Waals surface area contributed by atoms with Crippen molar-refractivity contribution in [2.24, 2.45) is 0 Å². The van der Waals surface area contributed by atoms with E-state index in [1.54, 1.807) is 48.5 Å². The van der Waals surface area contributed by atoms with Gasteiger partial charge in [0.1, 0.15) is 0 Å². The minimum atomic E-state index is -0.372. The molecule has 0 aromatic heterocycles. The van der Waals surface area contributed by atoms with Crippen LogP contribution in [0.4, 0.5) is 5.69 Å². The molecule has 0 saturated heterocycles. The lowest BCUT2D eigenvalue weighted by atomic mass is 10.1. The zero-order chi connectivity index (χ0) is 18.1. The third-order valence-electron chi connectivity index (χ3n) is 3.62. The van der Waals surface area contributed by atoms with E-state index >= 15 is 0 Å². The van der Waals surface area contributed by atoms with Gasteiger partial charge < -0.3 is 0 Å². The monoisotopic (exact) mass is 391 g/mol. The van der Waals surface area contributed by atoms with E-state index in [1.165, 1.54) is 11.8 Å². The van der Waals surface area contributed by atoms with Gasteiger partial charge in [-0.3, -0.25) is 9.59 Å². The van der Waals surface area contributed by atoms with E-state index < -0.39 is 0 Å². The van der Waals surface area contributed by atoms with E-state index in [1.807, 2.05) is 13.8 Å². The van der Waals surface area contributed by atoms with Gasteiger partial charge in [-0.2, -0.15) is 0 Å². The fourth-order valence-electron chi connectivity index (χ4n) is 2.58. The Morgan fingerprint density at radius 2 is 1.56 bits per heavy atom. The van der Waals surface area contributed by atoms with Crippen molar-refractivity contribution >= 4 is 58.0 Å². The van der Waals surface area contributed by atoms with Gasteiger partial charge in [0.25, 0.3) is 11.8 Å². The summed E-state index contributed by atoms with van der Waals surface area (Å²) in [7, 11) is 0. The van der Waals surface area contributed by atoms with Crippen LogP contribution in [-0.4, -0.2) is 17.1 Å². The molecule has 1 aliphatic rings. The number of amides is 2. The van der Waals surface area contributed by atoms with E-state index in [0.717, 1.165) is 4.90 Å². The zero-order valence-corrected chi connectivity index (χ0v) is 16.0. The Hall–Kier alpha value is -1.75. The molecule has 6 heteroatoms. The van der Waals surface area contributed by atoms with Crippen molar-refractivity contribution in [2.45, 2.75) is 19.1 Å². The molecule has 2 aromatic carbocycles. The van der Waals surface area contributed by atoms with E-state index in [4.69, 9.17) is 23.2 Å². The van der Waals surface area contributed by atoms with E-state index in [9.17, 15) is 9.59 Å². The maximum absolute atomic E-state index is 13.1. The summed E-state index contributed by atoms with van der Waals surface area (Å²) in [6.45, 7) is 3.96. The molecule has 0 saturated carbocycles. The highest BCUT2D eigenvalue weighted by Crippen LogP contribution is 2.41. The van der Waals surface area contributed by atoms with Gasteiger partial charge in [0.05, 0.1) is 21.2 Å². The number of imide groups is 1. The molecule has 0 unspecified atom stereocenters. The first-order valence-electron chi connectivity index (χ1n) is 7.70. The van der Waals surface area contributed by atoms with Crippen molar-refractivity contribution < 1.29 is 9.59 Å². The first-order valence-corrected chi connectivity index (χ1v) is 9.34. The molecule has 0 aliphatic carbocycles. The maximum atomic E-state index is 13.1. The molecule has 0 fully saturated rings. The molecule has 2 amide bonds. The fraction of sp³-hybridized carbons (Fsp3) is 0.158. The Labute approximate surface area is 160 Å². The summed E-state index contributed by atoms with van der Waals surface area (Å²) < 4.78 is 0. The molecule has 3 rings (SSSR count). The van der Waals surface area contributed by atoms with Crippen LogP contribution in [0, 0.1) is 0 Å². The standard InChI is InChI=1S/C19H15Cl2NO2S/c1-11(2)25-17-16(12-7-9-13(20)10-8-12)18(23)22(19(17)24)15-6-4-3-5-14(15)21/h3-11H,1-2H3. The molecule has 0 spiro atoms. The molecule has 1 aliphatic heterocycles. The minimum Gasteiger partial charge on any atom is -0.268 e. The Balaban J connectivity index is 2.13. The Bertz CT molecular complexity index is 875. The molecule has 0 radical (unpaired) electrons. The van der Waals surface area contributed by atoms with Crippen LogP contribution in [0.3, 0.4) is 0 Å². The Kier molecular flexibility index (Phi) is 5.23. The van der Waals surface area contributed by atoms with E-state index in [0.29, 0.717) is 31.8 Å². The van der Waals surface area contributed by atoms with Crippen LogP contribution in [0.1, 0.15) is 19.4 Å². The van der Waals surface area contributed by atoms with Crippen molar-refractivity contribution in [3.8, 4) is 0 Å². The van der Waals surface area contributed by atoms with Crippen LogP contribution in [-0.2, 0) is 9.59 Å². The molecule has 1 heterocycles. The topological polar surface area (TPSA) is 37.4 Å². The number of halogens is 2. The zero-order valence-electron chi connectivity index (χ0n) is 13.6. The Morgan fingerprint density at radius 3 is 2.16 bits per heavy atom. The summed E-state index contributed by atoms with van der Waals surface area (Å²) in [4.78, 5) is 27.7. The molecule has 128 valence electrons. The van der Waals surface area contributed by atoms with Gasteiger partial charge >= 0.3 is 0 Å². The predicted octanol–water partition coefficient (Wildman–Crippen LogP) is 5.42. The molecule has 0 N–H and O–H groups in total. The third kappa shape index (κ3) is 3.47. The molecule has 0 atom stereocenters. The number of carbonyl (C=O) groups is 2. The summed E-state index contributed by atoms with van der Waals surface area (Å²) in [5.74, 6) is -0.717. The number of thioether (sulfide) groups is 1. The molecule has 0 bridgehead atoms. The quantitative estimate of drug-likeness (QED) is 0.652. The van der Waals surface area contributed by atoms with Crippen LogP contribution in [0.2, 0.25) is 10.0 Å². The minimum absolute atomic E-state index is 0.153. The average molecular weight is 392 g/mol. The number of anilines is 1. The first kappa shape index (κ1) is 18.1. The summed E-state index contributed by atoms with van der Waals surface area (Å²) in [5, 5.41) is 1.08. The molecule has 25 heavy (non-hydrogen) atoms. The van der Waals surface area contributed by atoms with Crippen LogP contribution in [0.5, 0.6) is 0 Å². The van der Waals surface area contributed by atoms with Crippen LogP contribution >= 0.6 is 35.0 Å². The number of rotatable bonds is 4. The van der Waals surface area contributed by atoms with Crippen molar-refractivity contribution in [1.29, 1.82) is 0 Å². The van der Waals surface area contributed by atoms with Gasteiger partial charge in [-0.25, -0.2) is 4.90 Å². The maximum Gasteiger partial charge on any atom is 0.272 e. The smallest absolute Gasteiger partial charge is 0.268 e. The van der Waals surface area contributed by atoms with Gasteiger partial charge in [0, 0.05) is 10.3 Å².